The lowest BCUT2D eigenvalue weighted by Gasteiger charge is -2.35. The van der Waals surface area contributed by atoms with E-state index in [0.29, 0.717) is 6.61 Å². The summed E-state index contributed by atoms with van der Waals surface area (Å²) in [6.45, 7) is 6.37. The third kappa shape index (κ3) is 7.78. The summed E-state index contributed by atoms with van der Waals surface area (Å²) in [5.41, 5.74) is 8.90. The molecule has 2 aromatic carbocycles. The van der Waals surface area contributed by atoms with Crippen LogP contribution in [0.1, 0.15) is 5.56 Å². The SMILES string of the molecule is COc1ccc(-c2ccccc2CN2CCN(CCOCC(N)=O)CC2)cc1.Cl.Cl. The number of carbonyl (C=O) groups is 1. The maximum atomic E-state index is 10.7. The van der Waals surface area contributed by atoms with Crippen molar-refractivity contribution in [2.45, 2.75) is 6.54 Å². The molecule has 1 aliphatic rings. The van der Waals surface area contributed by atoms with Gasteiger partial charge in [-0.2, -0.15) is 0 Å². The normalized spacial score (nSPS) is 14.4. The fraction of sp³-hybridized carbons (Fsp3) is 0.409. The Hall–Kier alpha value is -1.83. The predicted octanol–water partition coefficient (Wildman–Crippen LogP) is 2.83. The second-order valence-corrected chi connectivity index (χ2v) is 7.02. The monoisotopic (exact) mass is 455 g/mol. The number of halogens is 2. The van der Waals surface area contributed by atoms with Crippen molar-refractivity contribution in [3.05, 3.63) is 54.1 Å². The molecule has 1 heterocycles. The van der Waals surface area contributed by atoms with Crippen molar-refractivity contribution >= 4 is 30.7 Å². The van der Waals surface area contributed by atoms with Crippen LogP contribution in [-0.2, 0) is 16.1 Å². The van der Waals surface area contributed by atoms with Crippen molar-refractivity contribution in [3.63, 3.8) is 0 Å². The summed E-state index contributed by atoms with van der Waals surface area (Å²) in [6.07, 6.45) is 0. The molecule has 2 N–H and O–H groups in total. The largest absolute Gasteiger partial charge is 0.497 e. The van der Waals surface area contributed by atoms with E-state index in [4.69, 9.17) is 15.2 Å². The molecule has 0 spiro atoms. The highest BCUT2D eigenvalue weighted by Crippen LogP contribution is 2.27. The van der Waals surface area contributed by atoms with E-state index < -0.39 is 5.91 Å². The number of primary amides is 1. The predicted molar refractivity (Wildman–Crippen MR) is 125 cm³/mol. The van der Waals surface area contributed by atoms with Crippen LogP contribution in [0.2, 0.25) is 0 Å². The standard InChI is InChI=1S/C22H29N3O3.2ClH/c1-27-20-8-6-18(7-9-20)21-5-3-2-4-19(21)16-25-12-10-24(11-13-25)14-15-28-17-22(23)26;;/h2-9H,10-17H2,1H3,(H2,23,26);2*1H. The molecule has 3 rings (SSSR count). The van der Waals surface area contributed by atoms with Crippen molar-refractivity contribution < 1.29 is 14.3 Å². The van der Waals surface area contributed by atoms with Crippen LogP contribution in [0.3, 0.4) is 0 Å². The molecule has 0 atom stereocenters. The van der Waals surface area contributed by atoms with E-state index in [0.717, 1.165) is 45.0 Å². The Morgan fingerprint density at radius 1 is 0.967 bits per heavy atom. The maximum absolute atomic E-state index is 10.7. The van der Waals surface area contributed by atoms with Crippen molar-refractivity contribution in [1.82, 2.24) is 9.80 Å². The zero-order valence-electron chi connectivity index (χ0n) is 17.3. The van der Waals surface area contributed by atoms with Gasteiger partial charge in [0.15, 0.2) is 0 Å². The number of nitrogens with zero attached hydrogens (tertiary/aromatic N) is 2. The molecule has 30 heavy (non-hydrogen) atoms. The summed E-state index contributed by atoms with van der Waals surface area (Å²) in [5, 5.41) is 0. The molecule has 0 aromatic heterocycles. The molecule has 1 fully saturated rings. The summed E-state index contributed by atoms with van der Waals surface area (Å²) in [6, 6.07) is 16.8. The van der Waals surface area contributed by atoms with Gasteiger partial charge in [0.05, 0.1) is 13.7 Å². The van der Waals surface area contributed by atoms with E-state index in [1.54, 1.807) is 7.11 Å². The van der Waals surface area contributed by atoms with Gasteiger partial charge in [-0.05, 0) is 28.8 Å². The highest BCUT2D eigenvalue weighted by molar-refractivity contribution is 5.85. The number of ether oxygens (including phenoxy) is 2. The zero-order valence-corrected chi connectivity index (χ0v) is 18.9. The summed E-state index contributed by atoms with van der Waals surface area (Å²) in [5.74, 6) is 0.456. The zero-order chi connectivity index (χ0) is 19.8. The maximum Gasteiger partial charge on any atom is 0.243 e. The number of hydrogen-bond donors (Lipinski definition) is 1. The summed E-state index contributed by atoms with van der Waals surface area (Å²) in [7, 11) is 1.69. The number of carbonyl (C=O) groups excluding carboxylic acids is 1. The van der Waals surface area contributed by atoms with Crippen LogP contribution in [0, 0.1) is 0 Å². The van der Waals surface area contributed by atoms with E-state index in [2.05, 4.69) is 46.2 Å². The van der Waals surface area contributed by atoms with Gasteiger partial charge in [-0.25, -0.2) is 0 Å². The third-order valence-corrected chi connectivity index (χ3v) is 5.07. The van der Waals surface area contributed by atoms with Crippen LogP contribution in [-0.4, -0.2) is 68.8 Å². The molecule has 0 bridgehead atoms. The summed E-state index contributed by atoms with van der Waals surface area (Å²) in [4.78, 5) is 15.6. The van der Waals surface area contributed by atoms with Gasteiger partial charge >= 0.3 is 0 Å². The van der Waals surface area contributed by atoms with Gasteiger partial charge in [0, 0.05) is 39.3 Å². The van der Waals surface area contributed by atoms with Crippen LogP contribution >= 0.6 is 24.8 Å². The molecule has 2 aromatic rings. The number of nitrogens with two attached hydrogens (primary N) is 1. The van der Waals surface area contributed by atoms with Crippen LogP contribution in [0.4, 0.5) is 0 Å². The molecular formula is C22H31Cl2N3O3. The number of methoxy groups -OCH3 is 1. The first-order chi connectivity index (χ1) is 13.7. The van der Waals surface area contributed by atoms with Crippen LogP contribution in [0.15, 0.2) is 48.5 Å². The summed E-state index contributed by atoms with van der Waals surface area (Å²) >= 11 is 0. The van der Waals surface area contributed by atoms with Gasteiger partial charge < -0.3 is 15.2 Å². The second-order valence-electron chi connectivity index (χ2n) is 7.02. The van der Waals surface area contributed by atoms with E-state index in [-0.39, 0.29) is 31.4 Å². The van der Waals surface area contributed by atoms with Gasteiger partial charge in [0.2, 0.25) is 5.91 Å². The Morgan fingerprint density at radius 3 is 2.23 bits per heavy atom. The minimum Gasteiger partial charge on any atom is -0.497 e. The van der Waals surface area contributed by atoms with Gasteiger partial charge in [-0.15, -0.1) is 24.8 Å². The molecule has 0 aliphatic carbocycles. The smallest absolute Gasteiger partial charge is 0.243 e. The van der Waals surface area contributed by atoms with Crippen molar-refractivity contribution in [2.75, 3.05) is 53.0 Å². The minimum absolute atomic E-state index is 0. The molecule has 1 amide bonds. The first-order valence-corrected chi connectivity index (χ1v) is 9.69. The van der Waals surface area contributed by atoms with Crippen molar-refractivity contribution in [2.24, 2.45) is 5.73 Å². The lowest BCUT2D eigenvalue weighted by Crippen LogP contribution is -2.46. The molecular weight excluding hydrogens is 425 g/mol. The van der Waals surface area contributed by atoms with Gasteiger partial charge in [-0.3, -0.25) is 14.6 Å². The second kappa shape index (κ2) is 13.5. The number of benzene rings is 2. The number of rotatable bonds is 9. The van der Waals surface area contributed by atoms with Crippen molar-refractivity contribution in [1.29, 1.82) is 0 Å². The lowest BCUT2D eigenvalue weighted by molar-refractivity contribution is -0.122. The Balaban J connectivity index is 0.00000225. The fourth-order valence-electron chi connectivity index (χ4n) is 3.49. The van der Waals surface area contributed by atoms with Crippen LogP contribution in [0.25, 0.3) is 11.1 Å². The molecule has 6 nitrogen and oxygen atoms in total. The fourth-order valence-corrected chi connectivity index (χ4v) is 3.49. The molecule has 8 heteroatoms. The molecule has 1 aliphatic heterocycles. The number of hydrogen-bond acceptors (Lipinski definition) is 5. The molecule has 1 saturated heterocycles. The van der Waals surface area contributed by atoms with E-state index in [1.807, 2.05) is 12.1 Å². The summed E-state index contributed by atoms with van der Waals surface area (Å²) < 4.78 is 10.5. The van der Waals surface area contributed by atoms with E-state index in [1.165, 1.54) is 16.7 Å². The average molecular weight is 456 g/mol. The Morgan fingerprint density at radius 2 is 1.60 bits per heavy atom. The third-order valence-electron chi connectivity index (χ3n) is 5.07. The minimum atomic E-state index is -0.416. The average Bonchev–Trinajstić information content (AvgIpc) is 2.73. The van der Waals surface area contributed by atoms with Crippen LogP contribution < -0.4 is 10.5 Å². The highest BCUT2D eigenvalue weighted by Gasteiger charge is 2.18. The molecule has 0 saturated carbocycles. The Bertz CT molecular complexity index is 766. The lowest BCUT2D eigenvalue weighted by atomic mass is 9.99. The topological polar surface area (TPSA) is 68.0 Å². The molecule has 166 valence electrons. The molecule has 0 radical (unpaired) electrons. The number of amides is 1. The van der Waals surface area contributed by atoms with Crippen molar-refractivity contribution in [3.8, 4) is 16.9 Å². The first kappa shape index (κ1) is 26.2. The van der Waals surface area contributed by atoms with Gasteiger partial charge in [0.25, 0.3) is 0 Å². The quantitative estimate of drug-likeness (QED) is 0.588. The Kier molecular flexibility index (Phi) is 11.8. The first-order valence-electron chi connectivity index (χ1n) is 9.69. The highest BCUT2D eigenvalue weighted by atomic mass is 35.5. The van der Waals surface area contributed by atoms with E-state index in [9.17, 15) is 4.79 Å². The van der Waals surface area contributed by atoms with Crippen LogP contribution in [0.5, 0.6) is 5.75 Å². The Labute approximate surface area is 191 Å². The van der Waals surface area contributed by atoms with Gasteiger partial charge in [0.1, 0.15) is 12.4 Å². The van der Waals surface area contributed by atoms with Gasteiger partial charge in [-0.1, -0.05) is 36.4 Å². The van der Waals surface area contributed by atoms with E-state index >= 15 is 0 Å². The number of piperazine rings is 1. The molecule has 0 unspecified atom stereocenters.